The normalized spacial score (nSPS) is 12.7. The van der Waals surface area contributed by atoms with Gasteiger partial charge in [0.2, 0.25) is 0 Å². The highest BCUT2D eigenvalue weighted by atomic mass is 16.5. The molecule has 0 aliphatic carbocycles. The predicted octanol–water partition coefficient (Wildman–Crippen LogP) is 5.68. The van der Waals surface area contributed by atoms with Crippen LogP contribution in [0.2, 0.25) is 0 Å². The second-order valence-corrected chi connectivity index (χ2v) is 7.20. The third-order valence-electron chi connectivity index (χ3n) is 4.35. The fraction of sp³-hybridized carbons (Fsp3) is 0.739. The van der Waals surface area contributed by atoms with E-state index in [1.54, 1.807) is 0 Å². The third kappa shape index (κ3) is 20.7. The van der Waals surface area contributed by atoms with Crippen LogP contribution in [0.25, 0.3) is 0 Å². The van der Waals surface area contributed by atoms with Crippen molar-refractivity contribution in [2.24, 2.45) is 0 Å². The van der Waals surface area contributed by atoms with Gasteiger partial charge in [0.25, 0.3) is 0 Å². The summed E-state index contributed by atoms with van der Waals surface area (Å²) in [6.07, 6.45) is 21.9. The minimum Gasteiger partial charge on any atom is -0.463 e. The standard InChI is InChI=1S/C23H40O4/c1-3-4-5-6-7-8-9-10-11-12-13-14-15-16-17-18-22(25)19-23(26)20-27-21(2)24/h10-11,17-18,23,26H,3-9,12-16,19-20H2,1-2H3/b11-10+,18-17+. The second kappa shape index (κ2) is 19.3. The molecule has 0 radical (unpaired) electrons. The molecule has 0 aromatic carbocycles. The Labute approximate surface area is 166 Å². The van der Waals surface area contributed by atoms with E-state index in [1.165, 1.54) is 64.4 Å². The van der Waals surface area contributed by atoms with Crippen LogP contribution < -0.4 is 0 Å². The first-order chi connectivity index (χ1) is 13.1. The van der Waals surface area contributed by atoms with Gasteiger partial charge in [-0.15, -0.1) is 0 Å². The molecule has 1 atom stereocenters. The maximum atomic E-state index is 11.6. The molecule has 0 rings (SSSR count). The van der Waals surface area contributed by atoms with Gasteiger partial charge in [-0.05, 0) is 44.6 Å². The summed E-state index contributed by atoms with van der Waals surface area (Å²) in [6, 6.07) is 0. The van der Waals surface area contributed by atoms with E-state index in [0.29, 0.717) is 0 Å². The number of unbranched alkanes of at least 4 members (excludes halogenated alkanes) is 10. The summed E-state index contributed by atoms with van der Waals surface area (Å²) in [6.45, 7) is 3.40. The summed E-state index contributed by atoms with van der Waals surface area (Å²) in [5.74, 6) is -0.582. The zero-order chi connectivity index (χ0) is 20.2. The molecular weight excluding hydrogens is 340 g/mol. The minimum atomic E-state index is -0.922. The quantitative estimate of drug-likeness (QED) is 0.144. The van der Waals surface area contributed by atoms with Crippen molar-refractivity contribution in [1.29, 1.82) is 0 Å². The number of rotatable bonds is 18. The first-order valence-electron chi connectivity index (χ1n) is 10.7. The number of ether oxygens (including phenoxy) is 1. The van der Waals surface area contributed by atoms with Gasteiger partial charge in [0.15, 0.2) is 5.78 Å². The number of aliphatic hydroxyl groups is 1. The number of ketones is 1. The zero-order valence-electron chi connectivity index (χ0n) is 17.5. The van der Waals surface area contributed by atoms with E-state index in [0.717, 1.165) is 25.7 Å². The molecule has 0 fully saturated rings. The highest BCUT2D eigenvalue weighted by molar-refractivity contribution is 5.89. The zero-order valence-corrected chi connectivity index (χ0v) is 17.5. The van der Waals surface area contributed by atoms with Gasteiger partial charge in [-0.1, -0.05) is 63.7 Å². The van der Waals surface area contributed by atoms with Gasteiger partial charge in [0.05, 0.1) is 6.10 Å². The Balaban J connectivity index is 3.44. The Kier molecular flexibility index (Phi) is 18.3. The summed E-state index contributed by atoms with van der Waals surface area (Å²) in [7, 11) is 0. The average Bonchev–Trinajstić information content (AvgIpc) is 2.63. The van der Waals surface area contributed by atoms with Crippen LogP contribution in [0.15, 0.2) is 24.3 Å². The molecule has 0 heterocycles. The average molecular weight is 381 g/mol. The first-order valence-corrected chi connectivity index (χ1v) is 10.7. The van der Waals surface area contributed by atoms with Crippen LogP contribution in [-0.2, 0) is 14.3 Å². The van der Waals surface area contributed by atoms with Crippen LogP contribution in [0.4, 0.5) is 0 Å². The topological polar surface area (TPSA) is 63.6 Å². The monoisotopic (exact) mass is 380 g/mol. The Morgan fingerprint density at radius 3 is 1.96 bits per heavy atom. The minimum absolute atomic E-state index is 0.00677. The number of carbonyl (C=O) groups excluding carboxylic acids is 2. The molecule has 0 aromatic heterocycles. The molecule has 156 valence electrons. The summed E-state index contributed by atoms with van der Waals surface area (Å²) in [5, 5.41) is 9.56. The smallest absolute Gasteiger partial charge is 0.302 e. The van der Waals surface area contributed by atoms with Crippen molar-refractivity contribution in [1.82, 2.24) is 0 Å². The Bertz CT molecular complexity index is 426. The fourth-order valence-corrected chi connectivity index (χ4v) is 2.77. The van der Waals surface area contributed by atoms with E-state index in [1.807, 2.05) is 6.08 Å². The molecule has 0 spiro atoms. The lowest BCUT2D eigenvalue weighted by Crippen LogP contribution is -2.20. The molecule has 1 unspecified atom stereocenters. The summed E-state index contributed by atoms with van der Waals surface area (Å²) >= 11 is 0. The van der Waals surface area contributed by atoms with Crippen molar-refractivity contribution >= 4 is 11.8 Å². The highest BCUT2D eigenvalue weighted by Crippen LogP contribution is 2.09. The molecule has 0 amide bonds. The van der Waals surface area contributed by atoms with Gasteiger partial charge in [-0.25, -0.2) is 0 Å². The SMILES string of the molecule is CCCCCCCC/C=C/CCCCC/C=C/C(=O)CC(O)COC(C)=O. The molecule has 27 heavy (non-hydrogen) atoms. The van der Waals surface area contributed by atoms with Crippen LogP contribution in [-0.4, -0.2) is 29.6 Å². The summed E-state index contributed by atoms with van der Waals surface area (Å²) < 4.78 is 4.66. The van der Waals surface area contributed by atoms with Crippen molar-refractivity contribution in [2.45, 2.75) is 103 Å². The van der Waals surface area contributed by atoms with Crippen LogP contribution in [0, 0.1) is 0 Å². The Morgan fingerprint density at radius 2 is 1.37 bits per heavy atom. The molecular formula is C23H40O4. The van der Waals surface area contributed by atoms with Crippen LogP contribution in [0.1, 0.15) is 97.3 Å². The summed E-state index contributed by atoms with van der Waals surface area (Å²) in [4.78, 5) is 22.3. The predicted molar refractivity (Wildman–Crippen MR) is 112 cm³/mol. The van der Waals surface area contributed by atoms with Gasteiger partial charge in [-0.3, -0.25) is 9.59 Å². The molecule has 0 aromatic rings. The molecule has 0 saturated carbocycles. The van der Waals surface area contributed by atoms with Crippen molar-refractivity contribution in [3.8, 4) is 0 Å². The van der Waals surface area contributed by atoms with E-state index in [2.05, 4.69) is 23.8 Å². The van der Waals surface area contributed by atoms with Crippen molar-refractivity contribution < 1.29 is 19.4 Å². The second-order valence-electron chi connectivity index (χ2n) is 7.20. The molecule has 1 N–H and O–H groups in total. The fourth-order valence-electron chi connectivity index (χ4n) is 2.77. The Hall–Kier alpha value is -1.42. The largest absolute Gasteiger partial charge is 0.463 e. The number of hydrogen-bond acceptors (Lipinski definition) is 4. The maximum absolute atomic E-state index is 11.6. The Morgan fingerprint density at radius 1 is 0.852 bits per heavy atom. The number of allylic oxidation sites excluding steroid dienone is 4. The highest BCUT2D eigenvalue weighted by Gasteiger charge is 2.09. The van der Waals surface area contributed by atoms with Gasteiger partial charge in [0.1, 0.15) is 6.61 Å². The molecule has 0 aliphatic heterocycles. The number of hydrogen-bond donors (Lipinski definition) is 1. The van der Waals surface area contributed by atoms with Crippen molar-refractivity contribution in [2.75, 3.05) is 6.61 Å². The van der Waals surface area contributed by atoms with E-state index in [4.69, 9.17) is 0 Å². The van der Waals surface area contributed by atoms with E-state index in [9.17, 15) is 14.7 Å². The van der Waals surface area contributed by atoms with Crippen LogP contribution in [0.3, 0.4) is 0 Å². The molecule has 0 bridgehead atoms. The maximum Gasteiger partial charge on any atom is 0.302 e. The van der Waals surface area contributed by atoms with E-state index >= 15 is 0 Å². The molecule has 4 heteroatoms. The molecule has 0 saturated heterocycles. The lowest BCUT2D eigenvalue weighted by atomic mass is 10.1. The van der Waals surface area contributed by atoms with Crippen molar-refractivity contribution in [3.05, 3.63) is 24.3 Å². The lowest BCUT2D eigenvalue weighted by molar-refractivity contribution is -0.144. The number of carbonyl (C=O) groups is 2. The third-order valence-corrected chi connectivity index (χ3v) is 4.35. The van der Waals surface area contributed by atoms with Gasteiger partial charge in [-0.2, -0.15) is 0 Å². The van der Waals surface area contributed by atoms with Gasteiger partial charge in [0, 0.05) is 13.3 Å². The van der Waals surface area contributed by atoms with Gasteiger partial charge < -0.3 is 9.84 Å². The van der Waals surface area contributed by atoms with Crippen LogP contribution in [0.5, 0.6) is 0 Å². The van der Waals surface area contributed by atoms with Gasteiger partial charge >= 0.3 is 5.97 Å². The number of aliphatic hydroxyl groups excluding tert-OH is 1. The first kappa shape index (κ1) is 25.6. The molecule has 4 nitrogen and oxygen atoms in total. The van der Waals surface area contributed by atoms with Crippen LogP contribution >= 0.6 is 0 Å². The molecule has 0 aliphatic rings. The van der Waals surface area contributed by atoms with E-state index < -0.39 is 12.1 Å². The van der Waals surface area contributed by atoms with E-state index in [-0.39, 0.29) is 18.8 Å². The lowest BCUT2D eigenvalue weighted by Gasteiger charge is -2.07. The number of esters is 1. The van der Waals surface area contributed by atoms with Crippen molar-refractivity contribution in [3.63, 3.8) is 0 Å². The summed E-state index contributed by atoms with van der Waals surface area (Å²) in [5.41, 5.74) is 0.